The molecule has 0 radical (unpaired) electrons. The van der Waals surface area contributed by atoms with E-state index in [4.69, 9.17) is 9.47 Å². The summed E-state index contributed by atoms with van der Waals surface area (Å²) >= 11 is 0. The summed E-state index contributed by atoms with van der Waals surface area (Å²) in [6.07, 6.45) is 1.82. The minimum absolute atomic E-state index is 0.00814. The van der Waals surface area contributed by atoms with Gasteiger partial charge in [-0.3, -0.25) is 4.79 Å². The molecule has 25 heavy (non-hydrogen) atoms. The van der Waals surface area contributed by atoms with E-state index in [0.717, 1.165) is 24.0 Å². The Labute approximate surface area is 147 Å². The molecular weight excluding hydrogens is 318 g/mol. The van der Waals surface area contributed by atoms with Crippen molar-refractivity contribution < 1.29 is 19.1 Å². The highest BCUT2D eigenvalue weighted by atomic mass is 16.6. The number of fused-ring (bicyclic) bond motifs is 1. The summed E-state index contributed by atoms with van der Waals surface area (Å²) in [5, 5.41) is 2.91. The first-order valence-corrected chi connectivity index (χ1v) is 8.34. The average Bonchev–Trinajstić information content (AvgIpc) is 3.02. The van der Waals surface area contributed by atoms with E-state index in [1.165, 1.54) is 5.56 Å². The molecule has 1 amide bonds. The van der Waals surface area contributed by atoms with Gasteiger partial charge < -0.3 is 14.8 Å². The maximum atomic E-state index is 12.0. The van der Waals surface area contributed by atoms with Crippen LogP contribution in [0.5, 0.6) is 5.75 Å². The van der Waals surface area contributed by atoms with Crippen LogP contribution in [0.3, 0.4) is 0 Å². The minimum atomic E-state index is -0.567. The van der Waals surface area contributed by atoms with Crippen LogP contribution >= 0.6 is 0 Å². The van der Waals surface area contributed by atoms with Gasteiger partial charge in [0.25, 0.3) is 5.91 Å². The molecular formula is C20H21NO4. The van der Waals surface area contributed by atoms with Gasteiger partial charge >= 0.3 is 5.97 Å². The van der Waals surface area contributed by atoms with Crippen molar-refractivity contribution in [3.63, 3.8) is 0 Å². The Morgan fingerprint density at radius 1 is 1.08 bits per heavy atom. The van der Waals surface area contributed by atoms with Gasteiger partial charge in [-0.15, -0.1) is 0 Å². The lowest BCUT2D eigenvalue weighted by atomic mass is 10.1. The van der Waals surface area contributed by atoms with E-state index < -0.39 is 5.97 Å². The molecule has 0 heterocycles. The Morgan fingerprint density at radius 3 is 2.64 bits per heavy atom. The van der Waals surface area contributed by atoms with Crippen LogP contribution in [-0.4, -0.2) is 25.1 Å². The quantitative estimate of drug-likeness (QED) is 0.822. The smallest absolute Gasteiger partial charge is 0.344 e. The highest BCUT2D eigenvalue weighted by Crippen LogP contribution is 2.30. The van der Waals surface area contributed by atoms with E-state index in [1.807, 2.05) is 37.3 Å². The second kappa shape index (κ2) is 7.83. The van der Waals surface area contributed by atoms with Crippen molar-refractivity contribution in [2.75, 3.05) is 13.2 Å². The number of carbonyl (C=O) groups is 2. The standard InChI is InChI=1S/C20H21NO4/c1-14-6-9-16(10-7-14)24-13-20(23)25-12-19(22)21-18-11-8-15-4-2-3-5-17(15)18/h2-7,9-10,18H,8,11-13H2,1H3,(H,21,22)/t18-/m0/s1. The lowest BCUT2D eigenvalue weighted by Crippen LogP contribution is -2.32. The van der Waals surface area contributed by atoms with Gasteiger partial charge in [0.2, 0.25) is 0 Å². The van der Waals surface area contributed by atoms with Crippen molar-refractivity contribution in [2.24, 2.45) is 0 Å². The summed E-state index contributed by atoms with van der Waals surface area (Å²) in [5.41, 5.74) is 3.52. The molecule has 2 aromatic rings. The van der Waals surface area contributed by atoms with Crippen LogP contribution in [0.2, 0.25) is 0 Å². The number of amides is 1. The van der Waals surface area contributed by atoms with Gasteiger partial charge in [-0.05, 0) is 43.0 Å². The zero-order valence-electron chi connectivity index (χ0n) is 14.2. The number of hydrogen-bond acceptors (Lipinski definition) is 4. The monoisotopic (exact) mass is 339 g/mol. The molecule has 1 aliphatic rings. The normalized spacial score (nSPS) is 15.3. The Kier molecular flexibility index (Phi) is 5.33. The van der Waals surface area contributed by atoms with E-state index in [1.54, 1.807) is 12.1 Å². The van der Waals surface area contributed by atoms with E-state index in [2.05, 4.69) is 11.4 Å². The molecule has 0 aromatic heterocycles. The molecule has 1 N–H and O–H groups in total. The largest absolute Gasteiger partial charge is 0.482 e. The van der Waals surface area contributed by atoms with E-state index >= 15 is 0 Å². The van der Waals surface area contributed by atoms with Crippen LogP contribution in [0.25, 0.3) is 0 Å². The Bertz CT molecular complexity index is 755. The molecule has 5 heteroatoms. The first-order valence-electron chi connectivity index (χ1n) is 8.34. The van der Waals surface area contributed by atoms with Gasteiger partial charge in [0.15, 0.2) is 13.2 Å². The Hall–Kier alpha value is -2.82. The molecule has 2 aromatic carbocycles. The van der Waals surface area contributed by atoms with Crippen LogP contribution in [0.4, 0.5) is 0 Å². The molecule has 0 spiro atoms. The van der Waals surface area contributed by atoms with Crippen LogP contribution in [0.1, 0.15) is 29.2 Å². The summed E-state index contributed by atoms with van der Waals surface area (Å²) < 4.78 is 10.3. The first kappa shape index (κ1) is 17.0. The summed E-state index contributed by atoms with van der Waals surface area (Å²) in [5.74, 6) is -0.275. The molecule has 0 aliphatic heterocycles. The zero-order chi connectivity index (χ0) is 17.6. The van der Waals surface area contributed by atoms with Gasteiger partial charge in [-0.25, -0.2) is 4.79 Å². The number of carbonyl (C=O) groups excluding carboxylic acids is 2. The molecule has 3 rings (SSSR count). The maximum absolute atomic E-state index is 12.0. The summed E-state index contributed by atoms with van der Waals surface area (Å²) in [6, 6.07) is 15.4. The average molecular weight is 339 g/mol. The number of esters is 1. The number of hydrogen-bond donors (Lipinski definition) is 1. The van der Waals surface area contributed by atoms with Crippen molar-refractivity contribution in [2.45, 2.75) is 25.8 Å². The second-order valence-corrected chi connectivity index (χ2v) is 6.12. The predicted molar refractivity (Wildman–Crippen MR) is 93.3 cm³/mol. The molecule has 1 aliphatic carbocycles. The van der Waals surface area contributed by atoms with Crippen molar-refractivity contribution in [3.05, 3.63) is 65.2 Å². The highest BCUT2D eigenvalue weighted by Gasteiger charge is 2.23. The van der Waals surface area contributed by atoms with Crippen LogP contribution < -0.4 is 10.1 Å². The third-order valence-electron chi connectivity index (χ3n) is 4.21. The molecule has 5 nitrogen and oxygen atoms in total. The number of benzene rings is 2. The predicted octanol–water partition coefficient (Wildman–Crippen LogP) is 2.72. The lowest BCUT2D eigenvalue weighted by molar-refractivity contribution is -0.150. The first-order chi connectivity index (χ1) is 12.1. The van der Waals surface area contributed by atoms with Gasteiger partial charge in [-0.2, -0.15) is 0 Å². The van der Waals surface area contributed by atoms with Crippen molar-refractivity contribution in [1.29, 1.82) is 0 Å². The molecule has 1 atom stereocenters. The molecule has 130 valence electrons. The second-order valence-electron chi connectivity index (χ2n) is 6.12. The van der Waals surface area contributed by atoms with Crippen LogP contribution in [-0.2, 0) is 20.7 Å². The van der Waals surface area contributed by atoms with Gasteiger partial charge in [0, 0.05) is 0 Å². The summed E-state index contributed by atoms with van der Waals surface area (Å²) in [7, 11) is 0. The third-order valence-corrected chi connectivity index (χ3v) is 4.21. The Balaban J connectivity index is 1.40. The Morgan fingerprint density at radius 2 is 1.84 bits per heavy atom. The lowest BCUT2D eigenvalue weighted by Gasteiger charge is -2.14. The summed E-state index contributed by atoms with van der Waals surface area (Å²) in [6.45, 7) is 1.46. The molecule has 0 bridgehead atoms. The van der Waals surface area contributed by atoms with Crippen molar-refractivity contribution in [1.82, 2.24) is 5.32 Å². The maximum Gasteiger partial charge on any atom is 0.344 e. The highest BCUT2D eigenvalue weighted by molar-refractivity contribution is 5.81. The fourth-order valence-electron chi connectivity index (χ4n) is 2.91. The van der Waals surface area contributed by atoms with E-state index in [-0.39, 0.29) is 25.2 Å². The molecule has 0 saturated heterocycles. The number of aryl methyl sites for hydroxylation is 2. The molecule has 0 saturated carbocycles. The number of rotatable bonds is 6. The van der Waals surface area contributed by atoms with Gasteiger partial charge in [0.05, 0.1) is 6.04 Å². The van der Waals surface area contributed by atoms with Gasteiger partial charge in [0.1, 0.15) is 5.75 Å². The minimum Gasteiger partial charge on any atom is -0.482 e. The molecule has 0 unspecified atom stereocenters. The zero-order valence-corrected chi connectivity index (χ0v) is 14.2. The SMILES string of the molecule is Cc1ccc(OCC(=O)OCC(=O)N[C@H]2CCc3ccccc32)cc1. The third kappa shape index (κ3) is 4.59. The van der Waals surface area contributed by atoms with Crippen molar-refractivity contribution in [3.8, 4) is 5.75 Å². The fourth-order valence-corrected chi connectivity index (χ4v) is 2.91. The van der Waals surface area contributed by atoms with E-state index in [0.29, 0.717) is 5.75 Å². The molecule has 0 fully saturated rings. The van der Waals surface area contributed by atoms with Crippen LogP contribution in [0, 0.1) is 6.92 Å². The number of ether oxygens (including phenoxy) is 2. The van der Waals surface area contributed by atoms with Crippen LogP contribution in [0.15, 0.2) is 48.5 Å². The van der Waals surface area contributed by atoms with Crippen molar-refractivity contribution >= 4 is 11.9 Å². The summed E-state index contributed by atoms with van der Waals surface area (Å²) in [4.78, 5) is 23.7. The fraction of sp³-hybridized carbons (Fsp3) is 0.300. The number of nitrogens with one attached hydrogen (secondary N) is 1. The van der Waals surface area contributed by atoms with E-state index in [9.17, 15) is 9.59 Å². The topological polar surface area (TPSA) is 64.6 Å². The van der Waals surface area contributed by atoms with Gasteiger partial charge in [-0.1, -0.05) is 42.0 Å².